The Bertz CT molecular complexity index is 2090. The molecule has 0 N–H and O–H groups in total. The number of hydrogen-bond donors (Lipinski definition) is 0. The Morgan fingerprint density at radius 3 is 1.00 bits per heavy atom. The molecule has 4 aromatic rings. The first-order valence-electron chi connectivity index (χ1n) is 14.7. The van der Waals surface area contributed by atoms with Gasteiger partial charge in [-0.1, -0.05) is 24.3 Å². The molecule has 4 aliphatic rings. The van der Waals surface area contributed by atoms with E-state index >= 15 is 0 Å². The van der Waals surface area contributed by atoms with E-state index in [1.807, 2.05) is 72.8 Å². The Kier molecular flexibility index (Phi) is 12.4. The van der Waals surface area contributed by atoms with E-state index < -0.39 is 23.1 Å². The van der Waals surface area contributed by atoms with E-state index in [-0.39, 0.29) is 39.5 Å². The fraction of sp³-hybridized carbons (Fsp3) is 0.125. The molecular weight excluding hydrogens is 703 g/mol. The van der Waals surface area contributed by atoms with Crippen molar-refractivity contribution in [2.45, 2.75) is 0 Å². The van der Waals surface area contributed by atoms with Crippen LogP contribution in [0, 0.1) is 0 Å². The predicted molar refractivity (Wildman–Crippen MR) is 175 cm³/mol. The van der Waals surface area contributed by atoms with Crippen LogP contribution >= 0.6 is 0 Å². The molecule has 0 radical (unpaired) electrons. The number of hydrogen-bond acceptors (Lipinski definition) is 14. The van der Waals surface area contributed by atoms with Gasteiger partial charge < -0.3 is 19.3 Å². The fourth-order valence-electron chi connectivity index (χ4n) is 4.31. The third-order valence-electron chi connectivity index (χ3n) is 6.97. The molecule has 19 heteroatoms. The van der Waals surface area contributed by atoms with Crippen LogP contribution in [0.25, 0.3) is 45.8 Å². The van der Waals surface area contributed by atoms with Crippen LogP contribution in [0.1, 0.15) is 0 Å². The van der Waals surface area contributed by atoms with Crippen LogP contribution in [-0.2, 0) is 44.7 Å². The second kappa shape index (κ2) is 17.1. The summed E-state index contributed by atoms with van der Waals surface area (Å²) in [6, 6.07) is 23.2. The Balaban J connectivity index is 0.000000152. The van der Waals surface area contributed by atoms with Gasteiger partial charge in [-0.25, -0.2) is 9.59 Å². The zero-order valence-electron chi connectivity index (χ0n) is 27.4. The minimum absolute atomic E-state index is 0. The van der Waals surface area contributed by atoms with Gasteiger partial charge in [-0.15, -0.1) is 20.4 Å². The maximum atomic E-state index is 11.4. The largest absolute Gasteiger partial charge is 2.00 e. The molecule has 0 atom stereocenters. The maximum absolute atomic E-state index is 11.4. The smallest absolute Gasteiger partial charge is 0.858 e. The summed E-state index contributed by atoms with van der Waals surface area (Å²) in [5, 5.41) is 43.6. The van der Waals surface area contributed by atoms with E-state index in [2.05, 4.69) is 50.8 Å². The van der Waals surface area contributed by atoms with Gasteiger partial charge in [0.1, 0.15) is 11.4 Å². The van der Waals surface area contributed by atoms with Gasteiger partial charge in [0.05, 0.1) is 22.8 Å². The van der Waals surface area contributed by atoms with E-state index in [9.17, 15) is 19.8 Å². The SMILES string of the molecule is Cn1c2nnnc-2c([O-])n(C)c1=O.Cn1c2nnnc-2c([O-])n(C)c1=O.[Ni+2].c1ccc(-c2ccccn2)nc1.c1ccc(-c2ccccn2)nc1. The van der Waals surface area contributed by atoms with Crippen LogP contribution in [0.5, 0.6) is 11.8 Å². The van der Waals surface area contributed by atoms with Crippen LogP contribution in [0.3, 0.4) is 0 Å². The van der Waals surface area contributed by atoms with Crippen LogP contribution in [0.4, 0.5) is 0 Å². The van der Waals surface area contributed by atoms with E-state index in [1.54, 1.807) is 24.8 Å². The number of rotatable bonds is 2. The van der Waals surface area contributed by atoms with Gasteiger partial charge in [0, 0.05) is 53.0 Å². The summed E-state index contributed by atoms with van der Waals surface area (Å²) in [6.45, 7) is 0. The molecule has 0 spiro atoms. The normalized spacial score (nSPS) is 10.1. The van der Waals surface area contributed by atoms with Crippen molar-refractivity contribution >= 4 is 0 Å². The molecule has 8 rings (SSSR count). The minimum Gasteiger partial charge on any atom is -0.858 e. The first kappa shape index (κ1) is 37.1. The second-order valence-corrected chi connectivity index (χ2v) is 10.2. The van der Waals surface area contributed by atoms with Crippen LogP contribution in [0.2, 0.25) is 0 Å². The first-order valence-corrected chi connectivity index (χ1v) is 14.7. The molecule has 4 aromatic heterocycles. The van der Waals surface area contributed by atoms with Gasteiger partial charge in [0.2, 0.25) is 0 Å². The Hall–Kier alpha value is -6.75. The molecule has 8 heterocycles. The molecule has 0 aromatic carbocycles. The average molecular weight is 731 g/mol. The van der Waals surface area contributed by atoms with Gasteiger partial charge in [-0.05, 0) is 70.7 Å². The molecule has 0 saturated heterocycles. The molecule has 0 bridgehead atoms. The van der Waals surface area contributed by atoms with E-state index in [0.717, 1.165) is 31.9 Å². The van der Waals surface area contributed by atoms with Gasteiger partial charge >= 0.3 is 27.9 Å². The zero-order chi connectivity index (χ0) is 35.6. The van der Waals surface area contributed by atoms with Crippen molar-refractivity contribution in [2.24, 2.45) is 28.2 Å². The van der Waals surface area contributed by atoms with Crippen LogP contribution in [0.15, 0.2) is 107 Å². The summed E-state index contributed by atoms with van der Waals surface area (Å²) in [5.41, 5.74) is 3.03. The number of aromatic nitrogens is 14. The van der Waals surface area contributed by atoms with Crippen molar-refractivity contribution in [3.63, 3.8) is 0 Å². The predicted octanol–water partition coefficient (Wildman–Crippen LogP) is 0.459. The summed E-state index contributed by atoms with van der Waals surface area (Å²) < 4.78 is 4.41. The summed E-state index contributed by atoms with van der Waals surface area (Å²) >= 11 is 0. The Morgan fingerprint density at radius 1 is 0.451 bits per heavy atom. The Morgan fingerprint density at radius 2 is 0.745 bits per heavy atom. The van der Waals surface area contributed by atoms with Crippen molar-refractivity contribution in [3.8, 4) is 57.6 Å². The summed E-state index contributed by atoms with van der Waals surface area (Å²) in [5.74, 6) is -0.507. The molecular formula is C32H28N14NiO4. The van der Waals surface area contributed by atoms with E-state index in [1.165, 1.54) is 37.3 Å². The molecule has 0 aliphatic carbocycles. The standard InChI is InChI=1S/2C10H8N2.2C6H7N5O2.Ni/c2*1-3-7-11-9(5-1)10-6-2-4-8-12-10;2*1-10-4-3(7-9-8-4)5(12)11(2)6(10)13;/h2*1-8H;2*12H,1-2H3;/q;;;;+2/p-2. The maximum Gasteiger partial charge on any atom is 2.00 e. The molecule has 0 unspecified atom stereocenters. The Labute approximate surface area is 299 Å². The van der Waals surface area contributed by atoms with E-state index in [0.29, 0.717) is 0 Å². The van der Waals surface area contributed by atoms with Gasteiger partial charge in [-0.3, -0.25) is 29.1 Å². The van der Waals surface area contributed by atoms with Crippen molar-refractivity contribution < 1.29 is 26.7 Å². The third kappa shape index (κ3) is 8.46. The summed E-state index contributed by atoms with van der Waals surface area (Å²) in [6.07, 6.45) is 7.07. The van der Waals surface area contributed by atoms with Crippen LogP contribution < -0.4 is 21.6 Å². The fourth-order valence-corrected chi connectivity index (χ4v) is 4.31. The summed E-state index contributed by atoms with van der Waals surface area (Å²) in [7, 11) is 5.80. The number of nitrogens with zero attached hydrogens (tertiary/aromatic N) is 14. The quantitative estimate of drug-likeness (QED) is 0.220. The zero-order valence-corrected chi connectivity index (χ0v) is 28.4. The first-order chi connectivity index (χ1) is 24.2. The monoisotopic (exact) mass is 730 g/mol. The molecule has 4 aliphatic heterocycles. The second-order valence-electron chi connectivity index (χ2n) is 10.2. The third-order valence-corrected chi connectivity index (χ3v) is 6.97. The van der Waals surface area contributed by atoms with Crippen molar-refractivity contribution in [1.82, 2.24) is 69.0 Å². The van der Waals surface area contributed by atoms with E-state index in [4.69, 9.17) is 0 Å². The molecule has 260 valence electrons. The van der Waals surface area contributed by atoms with Gasteiger partial charge in [0.25, 0.3) is 0 Å². The minimum atomic E-state index is -0.469. The van der Waals surface area contributed by atoms with Gasteiger partial charge in [-0.2, -0.15) is 0 Å². The molecule has 0 fully saturated rings. The summed E-state index contributed by atoms with van der Waals surface area (Å²) in [4.78, 5) is 39.4. The topological polar surface area (TPSA) is 229 Å². The van der Waals surface area contributed by atoms with Crippen molar-refractivity contribution in [3.05, 3.63) is 119 Å². The molecule has 0 saturated carbocycles. The van der Waals surface area contributed by atoms with Gasteiger partial charge in [0.15, 0.2) is 11.6 Å². The number of pyridine rings is 4. The van der Waals surface area contributed by atoms with Crippen LogP contribution in [-0.4, -0.2) is 69.0 Å². The molecule has 0 amide bonds. The average Bonchev–Trinajstić information content (AvgIpc) is 3.89. The number of fused-ring (bicyclic) bond motifs is 2. The molecule has 51 heavy (non-hydrogen) atoms. The van der Waals surface area contributed by atoms with Crippen molar-refractivity contribution in [2.75, 3.05) is 0 Å². The van der Waals surface area contributed by atoms with Crippen molar-refractivity contribution in [1.29, 1.82) is 0 Å². The molecule has 18 nitrogen and oxygen atoms in total.